The van der Waals surface area contributed by atoms with Gasteiger partial charge in [0.1, 0.15) is 0 Å². The summed E-state index contributed by atoms with van der Waals surface area (Å²) in [5.41, 5.74) is 1.75. The first kappa shape index (κ1) is 9.48. The highest BCUT2D eigenvalue weighted by molar-refractivity contribution is 5.82. The molecule has 0 rings (SSSR count). The summed E-state index contributed by atoms with van der Waals surface area (Å²) in [4.78, 5) is 24.9. The zero-order chi connectivity index (χ0) is 8.69. The molecule has 0 fully saturated rings. The summed E-state index contributed by atoms with van der Waals surface area (Å²) in [5.74, 6) is -0.738. The van der Waals surface area contributed by atoms with E-state index in [0.29, 0.717) is 0 Å². The van der Waals surface area contributed by atoms with Crippen molar-refractivity contribution in [2.45, 2.75) is 6.92 Å². The van der Waals surface area contributed by atoms with Crippen LogP contribution in [0.4, 0.5) is 4.79 Å². The normalized spacial score (nSPS) is 8.09. The van der Waals surface area contributed by atoms with E-state index in [2.05, 4.69) is 16.2 Å². The average Bonchev–Trinajstić information content (AvgIpc) is 2.01. The van der Waals surface area contributed by atoms with Crippen LogP contribution in [0.5, 0.6) is 0 Å². The third kappa shape index (κ3) is 4.95. The lowest BCUT2D eigenvalue weighted by atomic mass is 10.7. The van der Waals surface area contributed by atoms with Gasteiger partial charge in [-0.15, -0.1) is 5.48 Å². The first-order chi connectivity index (χ1) is 5.20. The topological polar surface area (TPSA) is 64.6 Å². The molecule has 0 saturated heterocycles. The molecule has 0 spiro atoms. The lowest BCUT2D eigenvalue weighted by Gasteiger charge is -2.02. The van der Waals surface area contributed by atoms with E-state index in [1.165, 1.54) is 0 Å². The van der Waals surface area contributed by atoms with E-state index in [9.17, 15) is 9.59 Å². The molecule has 0 aromatic rings. The Labute approximate surface area is 63.9 Å². The Morgan fingerprint density at radius 2 is 2.27 bits per heavy atom. The smallest absolute Gasteiger partial charge is 0.440 e. The minimum absolute atomic E-state index is 0.220. The molecule has 0 atom stereocenters. The monoisotopic (exact) mass is 159 g/mol. The predicted octanol–water partition coefficient (Wildman–Crippen LogP) is 0.377. The maximum absolute atomic E-state index is 10.4. The Balaban J connectivity index is 3.45. The van der Waals surface area contributed by atoms with Crippen LogP contribution < -0.4 is 5.48 Å². The first-order valence-electron chi connectivity index (χ1n) is 2.96. The van der Waals surface area contributed by atoms with Gasteiger partial charge >= 0.3 is 12.1 Å². The highest BCUT2D eigenvalue weighted by atomic mass is 16.7. The molecule has 1 amide bonds. The second-order valence-electron chi connectivity index (χ2n) is 1.45. The number of carbonyl (C=O) groups is 2. The van der Waals surface area contributed by atoms with Crippen LogP contribution in [0.1, 0.15) is 6.92 Å². The van der Waals surface area contributed by atoms with Gasteiger partial charge in [0, 0.05) is 6.08 Å². The molecule has 0 radical (unpaired) electrons. The second kappa shape index (κ2) is 5.28. The van der Waals surface area contributed by atoms with Gasteiger partial charge in [0.25, 0.3) is 0 Å². The number of ether oxygens (including phenoxy) is 1. The van der Waals surface area contributed by atoms with Crippen molar-refractivity contribution >= 4 is 12.1 Å². The number of rotatable bonds is 2. The van der Waals surface area contributed by atoms with Crippen molar-refractivity contribution in [1.29, 1.82) is 0 Å². The fourth-order valence-corrected chi connectivity index (χ4v) is 0.294. The molecule has 62 valence electrons. The van der Waals surface area contributed by atoms with Gasteiger partial charge in [0.05, 0.1) is 6.61 Å². The lowest BCUT2D eigenvalue weighted by molar-refractivity contribution is -0.143. The third-order valence-electron chi connectivity index (χ3n) is 0.677. The summed E-state index contributed by atoms with van der Waals surface area (Å²) >= 11 is 0. The Morgan fingerprint density at radius 1 is 1.64 bits per heavy atom. The van der Waals surface area contributed by atoms with Crippen LogP contribution in [0.25, 0.3) is 0 Å². The molecular weight excluding hydrogens is 150 g/mol. The van der Waals surface area contributed by atoms with Crippen LogP contribution in [0.3, 0.4) is 0 Å². The van der Waals surface area contributed by atoms with Gasteiger partial charge in [-0.05, 0) is 6.92 Å². The average molecular weight is 159 g/mol. The third-order valence-corrected chi connectivity index (χ3v) is 0.677. The van der Waals surface area contributed by atoms with E-state index in [1.807, 2.05) is 0 Å². The fourth-order valence-electron chi connectivity index (χ4n) is 0.294. The SMILES string of the molecule is C=CC(=O)ONC(=O)OCC. The minimum Gasteiger partial charge on any atom is -0.448 e. The van der Waals surface area contributed by atoms with Crippen LogP contribution in [0.15, 0.2) is 12.7 Å². The summed E-state index contributed by atoms with van der Waals surface area (Å²) < 4.78 is 4.38. The number of hydrogen-bond donors (Lipinski definition) is 1. The minimum atomic E-state index is -0.803. The maximum Gasteiger partial charge on any atom is 0.440 e. The van der Waals surface area contributed by atoms with Crippen molar-refractivity contribution in [3.8, 4) is 0 Å². The molecule has 0 bridgehead atoms. The highest BCUT2D eigenvalue weighted by Gasteiger charge is 2.01. The standard InChI is InChI=1S/C6H9NO4/c1-3-5(8)11-7-6(9)10-4-2/h3H,1,4H2,2H3,(H,7,9). The van der Waals surface area contributed by atoms with Crippen LogP contribution in [0, 0.1) is 0 Å². The molecule has 1 N–H and O–H groups in total. The second-order valence-corrected chi connectivity index (χ2v) is 1.45. The van der Waals surface area contributed by atoms with Gasteiger partial charge in [-0.1, -0.05) is 6.58 Å². The quantitative estimate of drug-likeness (QED) is 0.467. The molecule has 0 aliphatic rings. The van der Waals surface area contributed by atoms with Crippen molar-refractivity contribution < 1.29 is 19.2 Å². The predicted molar refractivity (Wildman–Crippen MR) is 36.4 cm³/mol. The largest absolute Gasteiger partial charge is 0.448 e. The Kier molecular flexibility index (Phi) is 4.55. The molecule has 0 aromatic carbocycles. The molecule has 11 heavy (non-hydrogen) atoms. The Hall–Kier alpha value is -1.52. The molecule has 5 heteroatoms. The van der Waals surface area contributed by atoms with Crippen molar-refractivity contribution in [3.63, 3.8) is 0 Å². The van der Waals surface area contributed by atoms with Gasteiger partial charge < -0.3 is 9.57 Å². The van der Waals surface area contributed by atoms with Gasteiger partial charge in [-0.3, -0.25) is 0 Å². The van der Waals surface area contributed by atoms with Gasteiger partial charge in [-0.25, -0.2) is 9.59 Å². The molecule has 0 aliphatic carbocycles. The highest BCUT2D eigenvalue weighted by Crippen LogP contribution is 1.78. The zero-order valence-corrected chi connectivity index (χ0v) is 6.12. The molecule has 0 saturated carbocycles. The fraction of sp³-hybridized carbons (Fsp3) is 0.333. The zero-order valence-electron chi connectivity index (χ0n) is 6.12. The molecule has 0 aliphatic heterocycles. The Bertz CT molecular complexity index is 166. The van der Waals surface area contributed by atoms with Crippen molar-refractivity contribution in [2.75, 3.05) is 6.61 Å². The van der Waals surface area contributed by atoms with Gasteiger partial charge in [0.2, 0.25) is 0 Å². The summed E-state index contributed by atoms with van der Waals surface area (Å²) in [6.07, 6.45) is 0.120. The summed E-state index contributed by atoms with van der Waals surface area (Å²) in [6.45, 7) is 4.97. The van der Waals surface area contributed by atoms with Crippen molar-refractivity contribution in [3.05, 3.63) is 12.7 Å². The number of nitrogens with one attached hydrogen (secondary N) is 1. The van der Waals surface area contributed by atoms with E-state index in [4.69, 9.17) is 0 Å². The van der Waals surface area contributed by atoms with Crippen LogP contribution in [-0.2, 0) is 14.4 Å². The number of hydroxylamine groups is 1. The van der Waals surface area contributed by atoms with Crippen LogP contribution >= 0.6 is 0 Å². The van der Waals surface area contributed by atoms with E-state index in [1.54, 1.807) is 12.4 Å². The molecule has 0 aromatic heterocycles. The van der Waals surface area contributed by atoms with Gasteiger partial charge in [0.15, 0.2) is 0 Å². The van der Waals surface area contributed by atoms with E-state index in [0.717, 1.165) is 6.08 Å². The first-order valence-corrected chi connectivity index (χ1v) is 2.96. The molecule has 0 unspecified atom stereocenters. The van der Waals surface area contributed by atoms with E-state index in [-0.39, 0.29) is 6.61 Å². The van der Waals surface area contributed by atoms with E-state index < -0.39 is 12.1 Å². The lowest BCUT2D eigenvalue weighted by Crippen LogP contribution is -2.26. The molecular formula is C6H9NO4. The van der Waals surface area contributed by atoms with E-state index >= 15 is 0 Å². The summed E-state index contributed by atoms with van der Waals surface area (Å²) in [6, 6.07) is 0. The van der Waals surface area contributed by atoms with Crippen LogP contribution in [-0.4, -0.2) is 18.7 Å². The maximum atomic E-state index is 10.4. The number of hydrogen-bond acceptors (Lipinski definition) is 4. The van der Waals surface area contributed by atoms with Crippen molar-refractivity contribution in [1.82, 2.24) is 5.48 Å². The number of amides is 1. The Morgan fingerprint density at radius 3 is 2.73 bits per heavy atom. The molecule has 0 heterocycles. The molecule has 5 nitrogen and oxygen atoms in total. The number of carbonyl (C=O) groups excluding carboxylic acids is 2. The summed E-state index contributed by atoms with van der Waals surface area (Å²) in [7, 11) is 0. The van der Waals surface area contributed by atoms with Crippen molar-refractivity contribution in [2.24, 2.45) is 0 Å². The summed E-state index contributed by atoms with van der Waals surface area (Å²) in [5, 5.41) is 0. The van der Waals surface area contributed by atoms with Crippen LogP contribution in [0.2, 0.25) is 0 Å². The van der Waals surface area contributed by atoms with Gasteiger partial charge in [-0.2, -0.15) is 0 Å².